The van der Waals surface area contributed by atoms with Crippen LogP contribution in [0.5, 0.6) is 0 Å². The molecule has 0 atom stereocenters. The van der Waals surface area contributed by atoms with Crippen molar-refractivity contribution in [1.29, 1.82) is 0 Å². The van der Waals surface area contributed by atoms with Crippen LogP contribution in [0.3, 0.4) is 0 Å². The van der Waals surface area contributed by atoms with Crippen LogP contribution in [0.2, 0.25) is 0 Å². The Morgan fingerprint density at radius 1 is 0.463 bits per heavy atom. The van der Waals surface area contributed by atoms with Gasteiger partial charge in [-0.3, -0.25) is 4.79 Å². The van der Waals surface area contributed by atoms with E-state index in [2.05, 4.69) is 0 Å². The highest BCUT2D eigenvalue weighted by Crippen LogP contribution is 2.28. The molecular formula is C33H58O8. The predicted molar refractivity (Wildman–Crippen MR) is 156 cm³/mol. The van der Waals surface area contributed by atoms with Crippen molar-refractivity contribution in [3.8, 4) is 0 Å². The molecule has 41 heavy (non-hydrogen) atoms. The Balaban J connectivity index is 1.32. The summed E-state index contributed by atoms with van der Waals surface area (Å²) in [5, 5.41) is 0. The first-order valence-corrected chi connectivity index (χ1v) is 17.0. The fraction of sp³-hybridized carbons (Fsp3) is 0.970. The van der Waals surface area contributed by atoms with Crippen molar-refractivity contribution in [2.75, 3.05) is 46.8 Å². The second-order valence-electron chi connectivity index (χ2n) is 13.1. The Morgan fingerprint density at radius 3 is 1.17 bits per heavy atom. The number of hydrogen-bond donors (Lipinski definition) is 0. The van der Waals surface area contributed by atoms with Crippen molar-refractivity contribution in [2.45, 2.75) is 147 Å². The molecule has 0 spiro atoms. The number of hydrogen-bond acceptors (Lipinski definition) is 8. The number of carbonyl (C=O) groups excluding carboxylic acids is 1. The van der Waals surface area contributed by atoms with Crippen LogP contribution in [-0.2, 0) is 38.0 Å². The summed E-state index contributed by atoms with van der Waals surface area (Å²) >= 11 is 0. The minimum atomic E-state index is -0.675. The molecule has 0 radical (unpaired) electrons. The quantitative estimate of drug-likeness (QED) is 0.0965. The summed E-state index contributed by atoms with van der Waals surface area (Å²) < 4.78 is 42.5. The Labute approximate surface area is 248 Å². The predicted octanol–water partition coefficient (Wildman–Crippen LogP) is 7.07. The largest absolute Gasteiger partial charge is 0.465 e. The van der Waals surface area contributed by atoms with Gasteiger partial charge in [-0.15, -0.1) is 0 Å². The molecule has 4 aliphatic carbocycles. The van der Waals surface area contributed by atoms with Crippen LogP contribution >= 0.6 is 0 Å². The normalized spacial score (nSPS) is 22.6. The van der Waals surface area contributed by atoms with Crippen LogP contribution in [0.1, 0.15) is 128 Å². The second-order valence-corrected chi connectivity index (χ2v) is 13.1. The van der Waals surface area contributed by atoms with E-state index in [-0.39, 0.29) is 57.2 Å². The van der Waals surface area contributed by atoms with Crippen molar-refractivity contribution in [2.24, 2.45) is 11.3 Å². The lowest BCUT2D eigenvalue weighted by Gasteiger charge is -2.34. The average Bonchev–Trinajstić information content (AvgIpc) is 3.04. The van der Waals surface area contributed by atoms with Gasteiger partial charge in [0.2, 0.25) is 0 Å². The van der Waals surface area contributed by atoms with Crippen LogP contribution in [0, 0.1) is 11.3 Å². The van der Waals surface area contributed by atoms with Gasteiger partial charge in [0.25, 0.3) is 0 Å². The Morgan fingerprint density at radius 2 is 0.805 bits per heavy atom. The van der Waals surface area contributed by atoms with Gasteiger partial charge in [-0.1, -0.05) is 77.0 Å². The van der Waals surface area contributed by atoms with Gasteiger partial charge in [-0.25, -0.2) is 0 Å². The summed E-state index contributed by atoms with van der Waals surface area (Å²) in [5.74, 6) is -0.118. The molecule has 0 aromatic carbocycles. The number of rotatable bonds is 18. The molecular weight excluding hydrogens is 524 g/mol. The zero-order valence-electron chi connectivity index (χ0n) is 25.7. The Kier molecular flexibility index (Phi) is 15.8. The highest BCUT2D eigenvalue weighted by Gasteiger charge is 2.36. The van der Waals surface area contributed by atoms with Gasteiger partial charge in [-0.2, -0.15) is 0 Å². The summed E-state index contributed by atoms with van der Waals surface area (Å²) in [6.07, 6.45) is 23.7. The molecule has 238 valence electrons. The minimum absolute atomic E-state index is 0.0110. The van der Waals surface area contributed by atoms with Gasteiger partial charge in [0.1, 0.15) is 27.0 Å². The summed E-state index contributed by atoms with van der Waals surface area (Å²) in [7, 11) is 0. The Bertz CT molecular complexity index is 614. The summed E-state index contributed by atoms with van der Waals surface area (Å²) in [6.45, 7) is 1.78. The number of carbonyl (C=O) groups is 1. The molecule has 0 aromatic rings. The molecule has 4 aliphatic rings. The molecule has 8 nitrogen and oxygen atoms in total. The van der Waals surface area contributed by atoms with Crippen molar-refractivity contribution in [3.05, 3.63) is 0 Å². The third-order valence-corrected chi connectivity index (χ3v) is 9.50. The first-order valence-electron chi connectivity index (χ1n) is 17.0. The summed E-state index contributed by atoms with van der Waals surface area (Å²) in [5.41, 5.74) is -0.675. The van der Waals surface area contributed by atoms with Crippen LogP contribution < -0.4 is 0 Å². The lowest BCUT2D eigenvalue weighted by atomic mass is 9.89. The third-order valence-electron chi connectivity index (χ3n) is 9.50. The van der Waals surface area contributed by atoms with E-state index >= 15 is 0 Å². The molecule has 4 rings (SSSR count). The summed E-state index contributed by atoms with van der Waals surface area (Å²) in [6, 6.07) is 0. The van der Waals surface area contributed by atoms with Gasteiger partial charge in [0.15, 0.2) is 0 Å². The highest BCUT2D eigenvalue weighted by molar-refractivity contribution is 5.72. The van der Waals surface area contributed by atoms with Crippen molar-refractivity contribution < 1.29 is 38.0 Å². The molecule has 0 heterocycles. The molecule has 0 bridgehead atoms. The van der Waals surface area contributed by atoms with E-state index in [0.29, 0.717) is 19.8 Å². The molecule has 4 fully saturated rings. The van der Waals surface area contributed by atoms with E-state index in [1.807, 2.05) is 0 Å². The maximum atomic E-state index is 13.0. The Hall–Kier alpha value is -0.770. The fourth-order valence-electron chi connectivity index (χ4n) is 6.83. The van der Waals surface area contributed by atoms with Crippen molar-refractivity contribution in [3.63, 3.8) is 0 Å². The van der Waals surface area contributed by atoms with E-state index in [4.69, 9.17) is 33.2 Å². The van der Waals surface area contributed by atoms with Crippen LogP contribution in [0.25, 0.3) is 0 Å². The van der Waals surface area contributed by atoms with E-state index in [0.717, 1.165) is 64.2 Å². The van der Waals surface area contributed by atoms with Gasteiger partial charge >= 0.3 is 5.97 Å². The first-order chi connectivity index (χ1) is 20.2. The standard InChI is InChI=1S/C33H58O8/c34-32(28-13-5-1-6-14-28)38-24-33(21-35-25-39-29-15-7-2-8-16-29,22-36-26-40-30-17-9-3-10-18-30)23-37-27-41-31-19-11-4-12-20-31/h28-31H,1-27H2. The lowest BCUT2D eigenvalue weighted by molar-refractivity contribution is -0.193. The maximum absolute atomic E-state index is 13.0. The van der Waals surface area contributed by atoms with Crippen LogP contribution in [0.4, 0.5) is 0 Å². The molecule has 0 unspecified atom stereocenters. The van der Waals surface area contributed by atoms with E-state index < -0.39 is 5.41 Å². The highest BCUT2D eigenvalue weighted by atomic mass is 16.7. The molecule has 0 amide bonds. The lowest BCUT2D eigenvalue weighted by Crippen LogP contribution is -2.43. The number of ether oxygens (including phenoxy) is 7. The van der Waals surface area contributed by atoms with Gasteiger partial charge in [-0.05, 0) is 51.4 Å². The summed E-state index contributed by atoms with van der Waals surface area (Å²) in [4.78, 5) is 13.0. The van der Waals surface area contributed by atoms with E-state index in [1.54, 1.807) is 0 Å². The topological polar surface area (TPSA) is 81.7 Å². The van der Waals surface area contributed by atoms with Crippen LogP contribution in [0.15, 0.2) is 0 Å². The van der Waals surface area contributed by atoms with Crippen LogP contribution in [-0.4, -0.2) is 71.1 Å². The van der Waals surface area contributed by atoms with E-state index in [1.165, 1.54) is 64.2 Å². The zero-order valence-corrected chi connectivity index (χ0v) is 25.7. The first kappa shape index (κ1) is 33.1. The molecule has 8 heteroatoms. The maximum Gasteiger partial charge on any atom is 0.308 e. The molecule has 0 N–H and O–H groups in total. The van der Waals surface area contributed by atoms with Gasteiger partial charge < -0.3 is 33.2 Å². The molecule has 4 saturated carbocycles. The average molecular weight is 583 g/mol. The molecule has 0 aromatic heterocycles. The smallest absolute Gasteiger partial charge is 0.308 e. The zero-order chi connectivity index (χ0) is 28.4. The minimum Gasteiger partial charge on any atom is -0.465 e. The number of esters is 1. The van der Waals surface area contributed by atoms with E-state index in [9.17, 15) is 4.79 Å². The molecule has 0 aliphatic heterocycles. The monoisotopic (exact) mass is 582 g/mol. The van der Waals surface area contributed by atoms with Gasteiger partial charge in [0.05, 0.1) is 49.5 Å². The van der Waals surface area contributed by atoms with Crippen molar-refractivity contribution >= 4 is 5.97 Å². The SMILES string of the molecule is O=C(OCC(COCOC1CCCCC1)(COCOC1CCCCC1)COCOC1CCCCC1)C1CCCCC1. The second kappa shape index (κ2) is 19.5. The van der Waals surface area contributed by atoms with Crippen molar-refractivity contribution in [1.82, 2.24) is 0 Å². The fourth-order valence-corrected chi connectivity index (χ4v) is 6.83. The molecule has 0 saturated heterocycles. The third kappa shape index (κ3) is 12.8. The van der Waals surface area contributed by atoms with Gasteiger partial charge in [0, 0.05) is 0 Å².